The minimum absolute atomic E-state index is 0.0109. The Labute approximate surface area is 162 Å². The van der Waals surface area contributed by atoms with E-state index in [1.807, 2.05) is 17.0 Å². The third-order valence-electron chi connectivity index (χ3n) is 4.63. The summed E-state index contributed by atoms with van der Waals surface area (Å²) in [6, 6.07) is 12.4. The van der Waals surface area contributed by atoms with Gasteiger partial charge in [0.2, 0.25) is 0 Å². The van der Waals surface area contributed by atoms with Gasteiger partial charge in [0.1, 0.15) is 11.9 Å². The summed E-state index contributed by atoms with van der Waals surface area (Å²) in [5, 5.41) is 3.46. The molecule has 27 heavy (non-hydrogen) atoms. The van der Waals surface area contributed by atoms with Crippen LogP contribution in [-0.4, -0.2) is 42.5 Å². The van der Waals surface area contributed by atoms with Crippen molar-refractivity contribution in [3.05, 3.63) is 70.5 Å². The van der Waals surface area contributed by atoms with Gasteiger partial charge < -0.3 is 10.1 Å². The van der Waals surface area contributed by atoms with E-state index in [1.165, 1.54) is 25.3 Å². The average Bonchev–Trinajstić information content (AvgIpc) is 3.05. The number of carbonyl (C=O) groups is 2. The smallest absolute Gasteiger partial charge is 0.323 e. The monoisotopic (exact) mass is 390 g/mol. The molecule has 142 valence electrons. The predicted octanol–water partition coefficient (Wildman–Crippen LogP) is 3.03. The van der Waals surface area contributed by atoms with E-state index in [9.17, 15) is 14.0 Å². The first-order valence-corrected chi connectivity index (χ1v) is 8.97. The molecule has 1 amide bonds. The number of benzene rings is 2. The zero-order valence-electron chi connectivity index (χ0n) is 14.8. The van der Waals surface area contributed by atoms with E-state index >= 15 is 0 Å². The third kappa shape index (κ3) is 4.64. The molecule has 1 heterocycles. The van der Waals surface area contributed by atoms with Crippen LogP contribution in [0.25, 0.3) is 0 Å². The Hall–Kier alpha value is -2.44. The van der Waals surface area contributed by atoms with Gasteiger partial charge in [-0.2, -0.15) is 0 Å². The van der Waals surface area contributed by atoms with Gasteiger partial charge in [-0.3, -0.25) is 14.5 Å². The van der Waals surface area contributed by atoms with Crippen molar-refractivity contribution in [3.63, 3.8) is 0 Å². The Morgan fingerprint density at radius 1 is 1.22 bits per heavy atom. The Bertz CT molecular complexity index is 828. The van der Waals surface area contributed by atoms with Gasteiger partial charge >= 0.3 is 5.97 Å². The number of halogens is 2. The molecule has 2 atom stereocenters. The number of hydrogen-bond donors (Lipinski definition) is 1. The second-order valence-electron chi connectivity index (χ2n) is 6.48. The maximum Gasteiger partial charge on any atom is 0.323 e. The van der Waals surface area contributed by atoms with Gasteiger partial charge in [-0.25, -0.2) is 4.39 Å². The Morgan fingerprint density at radius 3 is 2.59 bits per heavy atom. The lowest BCUT2D eigenvalue weighted by Gasteiger charge is -2.22. The quantitative estimate of drug-likeness (QED) is 0.797. The first-order chi connectivity index (χ1) is 13.0. The standard InChI is InChI=1S/C20H20ClFN2O3/c1-27-20(26)18-10-15(23-19(25)16-4-2-3-5-17(16)22)12-24(18)11-13-6-8-14(21)9-7-13/h2-9,15,18H,10-12H2,1H3,(H,23,25)/t15-,18+/m1/s1. The van der Waals surface area contributed by atoms with Crippen molar-refractivity contribution < 1.29 is 18.7 Å². The maximum atomic E-state index is 13.8. The van der Waals surface area contributed by atoms with Gasteiger partial charge in [0.15, 0.2) is 0 Å². The van der Waals surface area contributed by atoms with E-state index in [1.54, 1.807) is 18.2 Å². The lowest BCUT2D eigenvalue weighted by atomic mass is 10.1. The largest absolute Gasteiger partial charge is 0.468 e. The molecule has 2 aromatic rings. The van der Waals surface area contributed by atoms with Crippen LogP contribution in [0.4, 0.5) is 4.39 Å². The molecule has 1 fully saturated rings. The summed E-state index contributed by atoms with van der Waals surface area (Å²) >= 11 is 5.92. The highest BCUT2D eigenvalue weighted by atomic mass is 35.5. The summed E-state index contributed by atoms with van der Waals surface area (Å²) in [7, 11) is 1.34. The molecule has 0 radical (unpaired) electrons. The lowest BCUT2D eigenvalue weighted by molar-refractivity contribution is -0.146. The first kappa shape index (κ1) is 19.3. The molecule has 0 spiro atoms. The minimum atomic E-state index is -0.574. The molecule has 1 N–H and O–H groups in total. The van der Waals surface area contributed by atoms with E-state index in [4.69, 9.17) is 16.3 Å². The second-order valence-corrected chi connectivity index (χ2v) is 6.92. The number of ether oxygens (including phenoxy) is 1. The highest BCUT2D eigenvalue weighted by Crippen LogP contribution is 2.23. The Kier molecular flexibility index (Phi) is 6.08. The van der Waals surface area contributed by atoms with Gasteiger partial charge in [-0.15, -0.1) is 0 Å². The van der Waals surface area contributed by atoms with E-state index < -0.39 is 17.8 Å². The molecule has 1 aliphatic heterocycles. The number of esters is 1. The molecule has 0 aromatic heterocycles. The van der Waals surface area contributed by atoms with Crippen LogP contribution in [0, 0.1) is 5.82 Å². The zero-order valence-corrected chi connectivity index (χ0v) is 15.6. The molecule has 0 saturated carbocycles. The molecular formula is C20H20ClFN2O3. The van der Waals surface area contributed by atoms with Crippen LogP contribution in [0.1, 0.15) is 22.3 Å². The highest BCUT2D eigenvalue weighted by molar-refractivity contribution is 6.30. The molecule has 5 nitrogen and oxygen atoms in total. The van der Waals surface area contributed by atoms with Crippen LogP contribution in [-0.2, 0) is 16.1 Å². The molecule has 2 aromatic carbocycles. The summed E-state index contributed by atoms with van der Waals surface area (Å²) in [6.45, 7) is 0.978. The SMILES string of the molecule is COC(=O)[C@@H]1C[C@@H](NC(=O)c2ccccc2F)CN1Cc1ccc(Cl)cc1. The molecule has 1 aliphatic rings. The maximum absolute atomic E-state index is 13.8. The van der Waals surface area contributed by atoms with Crippen molar-refractivity contribution in [2.45, 2.75) is 25.0 Å². The predicted molar refractivity (Wildman–Crippen MR) is 99.9 cm³/mol. The number of methoxy groups -OCH3 is 1. The van der Waals surface area contributed by atoms with Crippen molar-refractivity contribution in [1.82, 2.24) is 10.2 Å². The van der Waals surface area contributed by atoms with Gasteiger partial charge in [-0.05, 0) is 36.2 Å². The average molecular weight is 391 g/mol. The molecule has 7 heteroatoms. The van der Waals surface area contributed by atoms with E-state index in [-0.39, 0.29) is 17.6 Å². The molecule has 0 bridgehead atoms. The third-order valence-corrected chi connectivity index (χ3v) is 4.88. The summed E-state index contributed by atoms with van der Waals surface area (Å²) in [5.74, 6) is -1.42. The van der Waals surface area contributed by atoms with Gasteiger partial charge in [0, 0.05) is 24.2 Å². The first-order valence-electron chi connectivity index (χ1n) is 8.59. The van der Waals surface area contributed by atoms with Crippen molar-refractivity contribution in [2.75, 3.05) is 13.7 Å². The second kappa shape index (κ2) is 8.50. The number of hydrogen-bond acceptors (Lipinski definition) is 4. The minimum Gasteiger partial charge on any atom is -0.468 e. The van der Waals surface area contributed by atoms with Gasteiger partial charge in [0.05, 0.1) is 12.7 Å². The van der Waals surface area contributed by atoms with Crippen molar-refractivity contribution in [2.24, 2.45) is 0 Å². The van der Waals surface area contributed by atoms with Crippen LogP contribution in [0.15, 0.2) is 48.5 Å². The number of carbonyl (C=O) groups excluding carboxylic acids is 2. The number of nitrogens with zero attached hydrogens (tertiary/aromatic N) is 1. The van der Waals surface area contributed by atoms with Crippen LogP contribution < -0.4 is 5.32 Å². The molecular weight excluding hydrogens is 371 g/mol. The molecule has 0 unspecified atom stereocenters. The number of likely N-dealkylation sites (tertiary alicyclic amines) is 1. The Morgan fingerprint density at radius 2 is 1.93 bits per heavy atom. The van der Waals surface area contributed by atoms with Crippen molar-refractivity contribution >= 4 is 23.5 Å². The molecule has 0 aliphatic carbocycles. The van der Waals surface area contributed by atoms with Crippen LogP contribution in [0.2, 0.25) is 5.02 Å². The van der Waals surface area contributed by atoms with Crippen LogP contribution in [0.5, 0.6) is 0 Å². The van der Waals surface area contributed by atoms with Gasteiger partial charge in [-0.1, -0.05) is 35.9 Å². The fraction of sp³-hybridized carbons (Fsp3) is 0.300. The fourth-order valence-corrected chi connectivity index (χ4v) is 3.42. The normalized spacial score (nSPS) is 19.7. The number of nitrogens with one attached hydrogen (secondary N) is 1. The number of amides is 1. The zero-order chi connectivity index (χ0) is 19.4. The van der Waals surface area contributed by atoms with Crippen LogP contribution >= 0.6 is 11.6 Å². The lowest BCUT2D eigenvalue weighted by Crippen LogP contribution is -2.38. The topological polar surface area (TPSA) is 58.6 Å². The van der Waals surface area contributed by atoms with Crippen molar-refractivity contribution in [3.8, 4) is 0 Å². The summed E-state index contributed by atoms with van der Waals surface area (Å²) in [6.07, 6.45) is 0.403. The summed E-state index contributed by atoms with van der Waals surface area (Å²) in [4.78, 5) is 26.5. The summed E-state index contributed by atoms with van der Waals surface area (Å²) < 4.78 is 18.7. The van der Waals surface area contributed by atoms with Crippen LogP contribution in [0.3, 0.4) is 0 Å². The van der Waals surface area contributed by atoms with E-state index in [0.29, 0.717) is 24.5 Å². The van der Waals surface area contributed by atoms with Crippen molar-refractivity contribution in [1.29, 1.82) is 0 Å². The molecule has 1 saturated heterocycles. The number of rotatable bonds is 5. The van der Waals surface area contributed by atoms with E-state index in [0.717, 1.165) is 5.56 Å². The Balaban J connectivity index is 1.71. The highest BCUT2D eigenvalue weighted by Gasteiger charge is 2.38. The van der Waals surface area contributed by atoms with Gasteiger partial charge in [0.25, 0.3) is 5.91 Å². The fourth-order valence-electron chi connectivity index (χ4n) is 3.30. The summed E-state index contributed by atoms with van der Waals surface area (Å²) in [5.41, 5.74) is 0.984. The molecule has 3 rings (SSSR count). The van der Waals surface area contributed by atoms with E-state index in [2.05, 4.69) is 5.32 Å².